The van der Waals surface area contributed by atoms with Crippen LogP contribution in [-0.2, 0) is 5.54 Å². The second-order valence-electron chi connectivity index (χ2n) is 6.34. The average molecular weight is 345 g/mol. The number of aromatic nitrogens is 3. The van der Waals surface area contributed by atoms with Gasteiger partial charge in [-0.1, -0.05) is 0 Å². The van der Waals surface area contributed by atoms with E-state index < -0.39 is 5.97 Å². The molecule has 0 aliphatic rings. The van der Waals surface area contributed by atoms with E-state index in [1.165, 1.54) is 28.8 Å². The van der Waals surface area contributed by atoms with Gasteiger partial charge < -0.3 is 5.11 Å². The summed E-state index contributed by atoms with van der Waals surface area (Å²) in [7, 11) is 0. The fraction of sp³-hybridized carbons (Fsp3) is 0.235. The molecule has 124 valence electrons. The summed E-state index contributed by atoms with van der Waals surface area (Å²) < 4.78 is 15.1. The predicted molar refractivity (Wildman–Crippen MR) is 90.7 cm³/mol. The third-order valence-corrected chi connectivity index (χ3v) is 4.35. The quantitative estimate of drug-likeness (QED) is 0.770. The van der Waals surface area contributed by atoms with Gasteiger partial charge in [0.15, 0.2) is 5.69 Å². The molecule has 0 saturated heterocycles. The molecule has 1 N–H and O–H groups in total. The molecule has 2 heterocycles. The summed E-state index contributed by atoms with van der Waals surface area (Å²) >= 11 is 1.25. The number of aromatic carboxylic acids is 1. The molecule has 3 rings (SSSR count). The van der Waals surface area contributed by atoms with E-state index in [2.05, 4.69) is 10.1 Å². The van der Waals surface area contributed by atoms with Crippen molar-refractivity contribution in [1.82, 2.24) is 14.8 Å². The van der Waals surface area contributed by atoms with Crippen LogP contribution in [0.5, 0.6) is 0 Å². The lowest BCUT2D eigenvalue weighted by molar-refractivity contribution is 0.0691. The van der Waals surface area contributed by atoms with Crippen molar-refractivity contribution >= 4 is 17.3 Å². The Hall–Kier alpha value is -2.54. The SMILES string of the molecule is CC(C)(C)n1ncc(-c2nc(C(=O)O)cs2)c1-c1ccc(F)cc1. The molecular formula is C17H16FN3O2S. The van der Waals surface area contributed by atoms with Crippen LogP contribution in [0.4, 0.5) is 4.39 Å². The number of carboxylic acids is 1. The zero-order valence-electron chi connectivity index (χ0n) is 13.4. The Bertz CT molecular complexity index is 891. The first kappa shape index (κ1) is 16.3. The largest absolute Gasteiger partial charge is 0.476 e. The van der Waals surface area contributed by atoms with Gasteiger partial charge in [-0.25, -0.2) is 14.2 Å². The predicted octanol–water partition coefficient (Wildman–Crippen LogP) is 4.27. The summed E-state index contributed by atoms with van der Waals surface area (Å²) in [6, 6.07) is 6.15. The van der Waals surface area contributed by atoms with Gasteiger partial charge in [0.05, 0.1) is 23.0 Å². The molecule has 0 aliphatic heterocycles. The second-order valence-corrected chi connectivity index (χ2v) is 7.20. The molecule has 3 aromatic rings. The maximum Gasteiger partial charge on any atom is 0.355 e. The van der Waals surface area contributed by atoms with Crippen LogP contribution in [0.1, 0.15) is 31.3 Å². The molecule has 0 saturated carbocycles. The molecular weight excluding hydrogens is 329 g/mol. The van der Waals surface area contributed by atoms with E-state index >= 15 is 0 Å². The number of rotatable bonds is 3. The van der Waals surface area contributed by atoms with E-state index in [0.29, 0.717) is 5.01 Å². The van der Waals surface area contributed by atoms with Gasteiger partial charge in [-0.2, -0.15) is 5.10 Å². The molecule has 0 amide bonds. The number of halogens is 1. The third-order valence-electron chi connectivity index (χ3n) is 3.48. The molecule has 2 aromatic heterocycles. The molecule has 0 aliphatic carbocycles. The number of carboxylic acid groups (broad SMARTS) is 1. The summed E-state index contributed by atoms with van der Waals surface area (Å²) in [6.45, 7) is 6.05. The van der Waals surface area contributed by atoms with E-state index in [4.69, 9.17) is 5.11 Å². The first-order chi connectivity index (χ1) is 11.3. The maximum absolute atomic E-state index is 13.3. The van der Waals surface area contributed by atoms with Gasteiger partial charge >= 0.3 is 5.97 Å². The van der Waals surface area contributed by atoms with Crippen molar-refractivity contribution in [2.45, 2.75) is 26.3 Å². The van der Waals surface area contributed by atoms with Gasteiger partial charge in [0.1, 0.15) is 10.8 Å². The van der Waals surface area contributed by atoms with Crippen LogP contribution in [0, 0.1) is 5.82 Å². The van der Waals surface area contributed by atoms with Crippen molar-refractivity contribution in [2.75, 3.05) is 0 Å². The summed E-state index contributed by atoms with van der Waals surface area (Å²) in [5.41, 5.74) is 2.02. The number of benzene rings is 1. The van der Waals surface area contributed by atoms with E-state index in [1.807, 2.05) is 25.5 Å². The first-order valence-electron chi connectivity index (χ1n) is 7.31. The minimum Gasteiger partial charge on any atom is -0.476 e. The van der Waals surface area contributed by atoms with Crippen LogP contribution in [0.3, 0.4) is 0 Å². The van der Waals surface area contributed by atoms with Gasteiger partial charge in [-0.15, -0.1) is 11.3 Å². The first-order valence-corrected chi connectivity index (χ1v) is 8.19. The van der Waals surface area contributed by atoms with Crippen molar-refractivity contribution in [3.05, 3.63) is 47.4 Å². The van der Waals surface area contributed by atoms with E-state index in [1.54, 1.807) is 18.3 Å². The number of carbonyl (C=O) groups is 1. The Kier molecular flexibility index (Phi) is 3.96. The lowest BCUT2D eigenvalue weighted by atomic mass is 10.0. The zero-order chi connectivity index (χ0) is 17.5. The van der Waals surface area contributed by atoms with Gasteiger partial charge in [-0.05, 0) is 45.0 Å². The Morgan fingerprint density at radius 1 is 1.25 bits per heavy atom. The van der Waals surface area contributed by atoms with Gasteiger partial charge in [-0.3, -0.25) is 4.68 Å². The lowest BCUT2D eigenvalue weighted by Crippen LogP contribution is -2.24. The molecule has 0 unspecified atom stereocenters. The van der Waals surface area contributed by atoms with Crippen LogP contribution in [0.15, 0.2) is 35.8 Å². The van der Waals surface area contributed by atoms with Crippen molar-refractivity contribution in [2.24, 2.45) is 0 Å². The van der Waals surface area contributed by atoms with Crippen molar-refractivity contribution in [3.8, 4) is 21.8 Å². The molecule has 0 bridgehead atoms. The molecule has 0 radical (unpaired) electrons. The summed E-state index contributed by atoms with van der Waals surface area (Å²) in [4.78, 5) is 15.3. The monoisotopic (exact) mass is 345 g/mol. The van der Waals surface area contributed by atoms with E-state index in [0.717, 1.165) is 16.8 Å². The van der Waals surface area contributed by atoms with Gasteiger partial charge in [0, 0.05) is 10.9 Å². The van der Waals surface area contributed by atoms with Crippen molar-refractivity contribution in [1.29, 1.82) is 0 Å². The minimum absolute atomic E-state index is 0.00330. The summed E-state index contributed by atoms with van der Waals surface area (Å²) in [5, 5.41) is 15.6. The maximum atomic E-state index is 13.3. The fourth-order valence-corrected chi connectivity index (χ4v) is 3.20. The highest BCUT2D eigenvalue weighted by molar-refractivity contribution is 7.13. The molecule has 0 atom stereocenters. The minimum atomic E-state index is -1.07. The lowest BCUT2D eigenvalue weighted by Gasteiger charge is -2.23. The molecule has 24 heavy (non-hydrogen) atoms. The highest BCUT2D eigenvalue weighted by atomic mass is 32.1. The molecule has 5 nitrogen and oxygen atoms in total. The van der Waals surface area contributed by atoms with Crippen LogP contribution < -0.4 is 0 Å². The van der Waals surface area contributed by atoms with E-state index in [-0.39, 0.29) is 17.1 Å². The summed E-state index contributed by atoms with van der Waals surface area (Å²) in [5.74, 6) is -1.38. The molecule has 0 spiro atoms. The van der Waals surface area contributed by atoms with Crippen LogP contribution in [0.25, 0.3) is 21.8 Å². The van der Waals surface area contributed by atoms with Crippen LogP contribution in [-0.4, -0.2) is 25.8 Å². The van der Waals surface area contributed by atoms with Crippen LogP contribution >= 0.6 is 11.3 Å². The standard InChI is InChI=1S/C17H16FN3O2S/c1-17(2,3)21-14(10-4-6-11(18)7-5-10)12(8-19-21)15-20-13(9-24-15)16(22)23/h4-9H,1-3H3,(H,22,23). The fourth-order valence-electron chi connectivity index (χ4n) is 2.39. The van der Waals surface area contributed by atoms with Crippen LogP contribution in [0.2, 0.25) is 0 Å². The normalized spacial score (nSPS) is 11.7. The number of hydrogen-bond acceptors (Lipinski definition) is 4. The molecule has 7 heteroatoms. The number of hydrogen-bond donors (Lipinski definition) is 1. The zero-order valence-corrected chi connectivity index (χ0v) is 14.3. The second kappa shape index (κ2) is 5.83. The Labute approximate surface area is 142 Å². The average Bonchev–Trinajstić information content (AvgIpc) is 3.14. The Balaban J connectivity index is 2.21. The molecule has 0 fully saturated rings. The van der Waals surface area contributed by atoms with Crippen molar-refractivity contribution in [3.63, 3.8) is 0 Å². The van der Waals surface area contributed by atoms with E-state index in [9.17, 15) is 9.18 Å². The number of thiazole rings is 1. The van der Waals surface area contributed by atoms with Gasteiger partial charge in [0.2, 0.25) is 0 Å². The highest BCUT2D eigenvalue weighted by Gasteiger charge is 2.24. The third kappa shape index (κ3) is 2.94. The summed E-state index contributed by atoms with van der Waals surface area (Å²) in [6.07, 6.45) is 1.68. The molecule has 1 aromatic carbocycles. The number of nitrogens with zero attached hydrogens (tertiary/aromatic N) is 3. The Morgan fingerprint density at radius 2 is 1.92 bits per heavy atom. The van der Waals surface area contributed by atoms with Gasteiger partial charge in [0.25, 0.3) is 0 Å². The topological polar surface area (TPSA) is 68.0 Å². The van der Waals surface area contributed by atoms with Crippen molar-refractivity contribution < 1.29 is 14.3 Å². The smallest absolute Gasteiger partial charge is 0.355 e. The highest BCUT2D eigenvalue weighted by Crippen LogP contribution is 2.36. The Morgan fingerprint density at radius 3 is 2.46 bits per heavy atom.